The molecule has 0 spiro atoms. The number of rotatable bonds is 5. The van der Waals surface area contributed by atoms with Gasteiger partial charge in [0.2, 0.25) is 0 Å². The van der Waals surface area contributed by atoms with Gasteiger partial charge in [0.05, 0.1) is 6.10 Å². The van der Waals surface area contributed by atoms with Crippen LogP contribution in [0.4, 0.5) is 0 Å². The third kappa shape index (κ3) is 8.52. The smallest absolute Gasteiger partial charge is 0.136 e. The SMILES string of the molecule is C[C@H](CCC[C@@H](C)O)C1CC[C@H]2C(=O)CCC[C@]12C.[Y].[Y].[Y].[Y]. The van der Waals surface area contributed by atoms with E-state index in [1.807, 2.05) is 6.92 Å². The molecule has 0 aromatic rings. The van der Waals surface area contributed by atoms with Crippen molar-refractivity contribution in [2.24, 2.45) is 23.2 Å². The van der Waals surface area contributed by atoms with E-state index in [0.717, 1.165) is 38.0 Å². The Morgan fingerprint density at radius 2 is 1.74 bits per heavy atom. The van der Waals surface area contributed by atoms with Crippen molar-refractivity contribution in [1.82, 2.24) is 0 Å². The van der Waals surface area contributed by atoms with Crippen LogP contribution in [0.1, 0.15) is 72.1 Å². The molecule has 23 heavy (non-hydrogen) atoms. The predicted molar refractivity (Wildman–Crippen MR) is 77.9 cm³/mol. The van der Waals surface area contributed by atoms with Crippen LogP contribution in [0, 0.1) is 23.2 Å². The number of hydrogen-bond acceptors (Lipinski definition) is 2. The predicted octanol–water partition coefficient (Wildman–Crippen LogP) is 3.95. The van der Waals surface area contributed by atoms with Crippen LogP contribution >= 0.6 is 0 Å². The second-order valence-corrected chi connectivity index (χ2v) is 7.32. The van der Waals surface area contributed by atoms with E-state index >= 15 is 0 Å². The molecule has 1 unspecified atom stereocenters. The number of fused-ring (bicyclic) bond motifs is 1. The summed E-state index contributed by atoms with van der Waals surface area (Å²) in [5.41, 5.74) is 0.277. The minimum absolute atomic E-state index is 0. The van der Waals surface area contributed by atoms with Crippen LogP contribution in [-0.4, -0.2) is 17.0 Å². The van der Waals surface area contributed by atoms with Crippen molar-refractivity contribution < 1.29 is 141 Å². The van der Waals surface area contributed by atoms with Crippen molar-refractivity contribution in [2.75, 3.05) is 0 Å². The van der Waals surface area contributed by atoms with E-state index < -0.39 is 0 Å². The Morgan fingerprint density at radius 3 is 2.30 bits per heavy atom. The summed E-state index contributed by atoms with van der Waals surface area (Å²) in [4.78, 5) is 12.1. The Balaban J connectivity index is -0.000001000. The minimum Gasteiger partial charge on any atom is -0.393 e. The summed E-state index contributed by atoms with van der Waals surface area (Å²) in [6.45, 7) is 6.61. The molecule has 122 valence electrons. The van der Waals surface area contributed by atoms with E-state index in [4.69, 9.17) is 0 Å². The van der Waals surface area contributed by atoms with Crippen LogP contribution in [0.15, 0.2) is 0 Å². The van der Waals surface area contributed by atoms with Gasteiger partial charge in [-0.25, -0.2) is 0 Å². The third-order valence-electron chi connectivity index (χ3n) is 5.90. The van der Waals surface area contributed by atoms with Crippen molar-refractivity contribution in [2.45, 2.75) is 78.2 Å². The molecule has 5 atom stereocenters. The van der Waals surface area contributed by atoms with Crippen LogP contribution in [0.2, 0.25) is 0 Å². The Morgan fingerprint density at radius 1 is 1.13 bits per heavy atom. The molecule has 2 aliphatic carbocycles. The summed E-state index contributed by atoms with van der Waals surface area (Å²) in [7, 11) is 0. The molecule has 4 radical (unpaired) electrons. The van der Waals surface area contributed by atoms with Gasteiger partial charge in [0.25, 0.3) is 0 Å². The number of Topliss-reactive ketones (excluding diaryl/α,β-unsaturated/α-hetero) is 1. The Bertz CT molecular complexity index is 339. The minimum atomic E-state index is -0.171. The van der Waals surface area contributed by atoms with E-state index in [0.29, 0.717) is 17.6 Å². The molecule has 2 nitrogen and oxygen atoms in total. The molecule has 0 aromatic heterocycles. The first-order chi connectivity index (χ1) is 8.95. The first kappa shape index (κ1) is 31.7. The number of carbonyl (C=O) groups is 1. The molecule has 2 fully saturated rings. The Labute approximate surface area is 243 Å². The Kier molecular flexibility index (Phi) is 20.6. The van der Waals surface area contributed by atoms with Crippen molar-refractivity contribution in [1.29, 1.82) is 0 Å². The zero-order chi connectivity index (χ0) is 14.0. The molecular weight excluding hydrogens is 592 g/mol. The molecule has 0 aromatic carbocycles. The summed E-state index contributed by atoms with van der Waals surface area (Å²) in [6.07, 6.45) is 8.59. The molecule has 2 saturated carbocycles. The third-order valence-corrected chi connectivity index (χ3v) is 5.90. The Hall–Kier alpha value is 4.05. The van der Waals surface area contributed by atoms with E-state index in [1.165, 1.54) is 19.3 Å². The number of carbonyl (C=O) groups excluding carboxylic acids is 1. The van der Waals surface area contributed by atoms with Gasteiger partial charge in [-0.2, -0.15) is 0 Å². The average Bonchev–Trinajstić information content (AvgIpc) is 2.67. The molecular formula is C17H30O2Y4. The molecule has 6 heteroatoms. The number of aliphatic hydroxyl groups is 1. The number of ketones is 1. The van der Waals surface area contributed by atoms with Crippen molar-refractivity contribution in [3.63, 3.8) is 0 Å². The molecule has 0 saturated heterocycles. The van der Waals surface area contributed by atoms with Crippen LogP contribution in [0.5, 0.6) is 0 Å². The normalized spacial score (nSPS) is 31.4. The van der Waals surface area contributed by atoms with Gasteiger partial charge >= 0.3 is 0 Å². The summed E-state index contributed by atoms with van der Waals surface area (Å²) >= 11 is 0. The monoisotopic (exact) mass is 622 g/mol. The molecule has 2 rings (SSSR count). The van der Waals surface area contributed by atoms with Gasteiger partial charge in [-0.05, 0) is 56.3 Å². The number of aliphatic hydroxyl groups excluding tert-OH is 1. The molecule has 0 bridgehead atoms. The topological polar surface area (TPSA) is 37.3 Å². The number of hydrogen-bond donors (Lipinski definition) is 1. The fraction of sp³-hybridized carbons (Fsp3) is 0.941. The molecule has 0 aliphatic heterocycles. The van der Waals surface area contributed by atoms with Crippen molar-refractivity contribution in [3.05, 3.63) is 0 Å². The van der Waals surface area contributed by atoms with Gasteiger partial charge in [-0.15, -0.1) is 0 Å². The fourth-order valence-electron chi connectivity index (χ4n) is 4.84. The van der Waals surface area contributed by atoms with Gasteiger partial charge in [0.15, 0.2) is 0 Å². The fourth-order valence-corrected chi connectivity index (χ4v) is 4.84. The first-order valence-corrected chi connectivity index (χ1v) is 8.16. The van der Waals surface area contributed by atoms with Crippen LogP contribution in [0.3, 0.4) is 0 Å². The second kappa shape index (κ2) is 15.0. The van der Waals surface area contributed by atoms with Crippen molar-refractivity contribution in [3.8, 4) is 0 Å². The maximum absolute atomic E-state index is 12.1. The van der Waals surface area contributed by atoms with E-state index in [2.05, 4.69) is 13.8 Å². The van der Waals surface area contributed by atoms with Crippen molar-refractivity contribution >= 4 is 5.78 Å². The van der Waals surface area contributed by atoms with Gasteiger partial charge in [0, 0.05) is 143 Å². The zero-order valence-electron chi connectivity index (χ0n) is 15.1. The largest absolute Gasteiger partial charge is 0.393 e. The van der Waals surface area contributed by atoms with E-state index in [9.17, 15) is 9.90 Å². The van der Waals surface area contributed by atoms with Gasteiger partial charge in [-0.3, -0.25) is 4.79 Å². The van der Waals surface area contributed by atoms with E-state index in [1.54, 1.807) is 0 Å². The van der Waals surface area contributed by atoms with Gasteiger partial charge in [-0.1, -0.05) is 26.7 Å². The molecule has 1 N–H and O–H groups in total. The maximum Gasteiger partial charge on any atom is 0.136 e. The summed E-state index contributed by atoms with van der Waals surface area (Å²) in [5.74, 6) is 2.30. The molecule has 0 amide bonds. The first-order valence-electron chi connectivity index (χ1n) is 8.16. The summed E-state index contributed by atoms with van der Waals surface area (Å²) in [5, 5.41) is 9.36. The quantitative estimate of drug-likeness (QED) is 0.505. The zero-order valence-corrected chi connectivity index (χ0v) is 26.5. The standard InChI is InChI=1S/C17H30O2.4Y/c1-12(6-4-7-13(2)18)14-9-10-15-16(19)8-5-11-17(14,15)3;;;;/h12-15,18H,4-11H2,1-3H3;;;;/t12-,13-,14?,15+,17-;;;;/m1..../s1. The van der Waals surface area contributed by atoms with Crippen LogP contribution in [-0.2, 0) is 136 Å². The van der Waals surface area contributed by atoms with E-state index in [-0.39, 0.29) is 142 Å². The maximum atomic E-state index is 12.1. The summed E-state index contributed by atoms with van der Waals surface area (Å²) < 4.78 is 0. The average molecular weight is 622 g/mol. The molecule has 2 aliphatic rings. The molecule has 0 heterocycles. The van der Waals surface area contributed by atoms with Gasteiger partial charge < -0.3 is 5.11 Å². The van der Waals surface area contributed by atoms with Gasteiger partial charge in [0.1, 0.15) is 5.78 Å². The summed E-state index contributed by atoms with van der Waals surface area (Å²) in [6, 6.07) is 0. The second-order valence-electron chi connectivity index (χ2n) is 7.32. The van der Waals surface area contributed by atoms with Crippen LogP contribution in [0.25, 0.3) is 0 Å². The van der Waals surface area contributed by atoms with Crippen LogP contribution < -0.4 is 0 Å².